The van der Waals surface area contributed by atoms with Gasteiger partial charge in [-0.1, -0.05) is 12.8 Å². The molecule has 0 unspecified atom stereocenters. The largest absolute Gasteiger partial charge is 0.335 e. The Morgan fingerprint density at radius 2 is 2.00 bits per heavy atom. The Balaban J connectivity index is 1.65. The highest BCUT2D eigenvalue weighted by Gasteiger charge is 2.36. The van der Waals surface area contributed by atoms with Gasteiger partial charge >= 0.3 is 0 Å². The van der Waals surface area contributed by atoms with Crippen LogP contribution in [-0.2, 0) is 0 Å². The number of nitrogens with zero attached hydrogens (tertiary/aromatic N) is 5. The summed E-state index contributed by atoms with van der Waals surface area (Å²) in [5, 5.41) is 15.5. The van der Waals surface area contributed by atoms with Crippen molar-refractivity contribution >= 4 is 11.6 Å². The maximum atomic E-state index is 13.1. The number of carbonyl (C=O) groups is 1. The van der Waals surface area contributed by atoms with Gasteiger partial charge in [0, 0.05) is 24.2 Å². The van der Waals surface area contributed by atoms with Crippen LogP contribution in [0.2, 0.25) is 0 Å². The van der Waals surface area contributed by atoms with Crippen molar-refractivity contribution in [3.8, 4) is 5.69 Å². The first-order valence-electron chi connectivity index (χ1n) is 9.09. The second kappa shape index (κ2) is 6.86. The first kappa shape index (κ1) is 16.7. The van der Waals surface area contributed by atoms with Crippen LogP contribution in [0.1, 0.15) is 48.9 Å². The third kappa shape index (κ3) is 2.95. The van der Waals surface area contributed by atoms with E-state index in [0.717, 1.165) is 25.8 Å². The molecule has 26 heavy (non-hydrogen) atoms. The minimum Gasteiger partial charge on any atom is -0.335 e. The molecule has 0 spiro atoms. The molecule has 136 valence electrons. The van der Waals surface area contributed by atoms with Crippen molar-refractivity contribution in [1.29, 1.82) is 0 Å². The van der Waals surface area contributed by atoms with Gasteiger partial charge in [-0.15, -0.1) is 0 Å². The molecule has 2 aromatic rings. The Kier molecular flexibility index (Phi) is 4.40. The van der Waals surface area contributed by atoms with Crippen molar-refractivity contribution in [2.45, 2.75) is 44.6 Å². The van der Waals surface area contributed by atoms with Crippen molar-refractivity contribution in [2.75, 3.05) is 6.54 Å². The fourth-order valence-corrected chi connectivity index (χ4v) is 4.37. The van der Waals surface area contributed by atoms with E-state index in [4.69, 9.17) is 0 Å². The highest BCUT2D eigenvalue weighted by Crippen LogP contribution is 2.36. The van der Waals surface area contributed by atoms with E-state index in [1.165, 1.54) is 42.7 Å². The molecule has 0 bridgehead atoms. The molecule has 8 nitrogen and oxygen atoms in total. The number of fused-ring (bicyclic) bond motifs is 1. The smallest absolute Gasteiger partial charge is 0.295 e. The van der Waals surface area contributed by atoms with E-state index in [1.54, 1.807) is 12.1 Å². The highest BCUT2D eigenvalue weighted by molar-refractivity contribution is 5.95. The number of nitro benzene ring substituents is 1. The number of aromatic nitrogens is 3. The van der Waals surface area contributed by atoms with Crippen molar-refractivity contribution in [3.63, 3.8) is 0 Å². The molecular formula is C18H21N5O3. The number of benzene rings is 1. The molecule has 1 saturated heterocycles. The van der Waals surface area contributed by atoms with Crippen LogP contribution >= 0.6 is 0 Å². The number of likely N-dealkylation sites (tertiary alicyclic amines) is 1. The Labute approximate surface area is 151 Å². The number of hydrogen-bond acceptors (Lipinski definition) is 5. The maximum absolute atomic E-state index is 13.1. The fraction of sp³-hybridized carbons (Fsp3) is 0.500. The third-order valence-corrected chi connectivity index (χ3v) is 5.59. The van der Waals surface area contributed by atoms with Gasteiger partial charge in [-0.05, 0) is 43.7 Å². The lowest BCUT2D eigenvalue weighted by molar-refractivity contribution is -0.384. The summed E-state index contributed by atoms with van der Waals surface area (Å²) in [6, 6.07) is 4.87. The molecule has 2 atom stereocenters. The van der Waals surface area contributed by atoms with E-state index in [0.29, 0.717) is 17.2 Å². The summed E-state index contributed by atoms with van der Waals surface area (Å²) >= 11 is 0. The van der Waals surface area contributed by atoms with Crippen LogP contribution < -0.4 is 0 Å². The van der Waals surface area contributed by atoms with Crippen molar-refractivity contribution in [3.05, 3.63) is 46.5 Å². The molecule has 0 N–H and O–H groups in total. The summed E-state index contributed by atoms with van der Waals surface area (Å²) in [4.78, 5) is 29.9. The van der Waals surface area contributed by atoms with Gasteiger partial charge in [0.15, 0.2) is 0 Å². The molecule has 2 aliphatic rings. The molecule has 8 heteroatoms. The van der Waals surface area contributed by atoms with Gasteiger partial charge < -0.3 is 4.90 Å². The van der Waals surface area contributed by atoms with Crippen LogP contribution in [0.15, 0.2) is 30.9 Å². The number of amides is 1. The second-order valence-corrected chi connectivity index (χ2v) is 7.05. The lowest BCUT2D eigenvalue weighted by Crippen LogP contribution is -2.49. The summed E-state index contributed by atoms with van der Waals surface area (Å²) < 4.78 is 1.34. The average Bonchev–Trinajstić information content (AvgIpc) is 3.21. The zero-order chi connectivity index (χ0) is 18.1. The Morgan fingerprint density at radius 1 is 1.19 bits per heavy atom. The molecule has 1 aromatic heterocycles. The monoisotopic (exact) mass is 355 g/mol. The first-order chi connectivity index (χ1) is 12.6. The third-order valence-electron chi connectivity index (χ3n) is 5.59. The van der Waals surface area contributed by atoms with Crippen molar-refractivity contribution < 1.29 is 9.72 Å². The van der Waals surface area contributed by atoms with Crippen LogP contribution in [0, 0.1) is 16.0 Å². The Bertz CT molecular complexity index is 818. The summed E-state index contributed by atoms with van der Waals surface area (Å²) in [7, 11) is 0. The van der Waals surface area contributed by atoms with Crippen LogP contribution in [-0.4, -0.2) is 43.1 Å². The predicted molar refractivity (Wildman–Crippen MR) is 94.0 cm³/mol. The molecule has 1 saturated carbocycles. The summed E-state index contributed by atoms with van der Waals surface area (Å²) in [5.74, 6) is 0.473. The Hall–Kier alpha value is -2.77. The van der Waals surface area contributed by atoms with Crippen LogP contribution in [0.25, 0.3) is 5.69 Å². The van der Waals surface area contributed by atoms with Crippen LogP contribution in [0.3, 0.4) is 0 Å². The van der Waals surface area contributed by atoms with E-state index >= 15 is 0 Å². The number of rotatable bonds is 3. The van der Waals surface area contributed by atoms with E-state index in [-0.39, 0.29) is 17.6 Å². The standard InChI is InChI=1S/C18H21N5O3/c24-18(21-9-3-5-13-4-1-2-6-15(13)21)14-7-8-16(17(10-14)23(25)26)22-12-19-11-20-22/h7-8,10-13,15H,1-6,9H2/t13-,15-/m0/s1. The summed E-state index contributed by atoms with van der Waals surface area (Å²) in [6.07, 6.45) is 9.51. The zero-order valence-corrected chi connectivity index (χ0v) is 14.5. The summed E-state index contributed by atoms with van der Waals surface area (Å²) in [5.41, 5.74) is 0.531. The van der Waals surface area contributed by atoms with Gasteiger partial charge in [0.05, 0.1) is 4.92 Å². The lowest BCUT2D eigenvalue weighted by atomic mass is 9.78. The first-order valence-corrected chi connectivity index (χ1v) is 9.09. The molecule has 1 aliphatic heterocycles. The van der Waals surface area contributed by atoms with E-state index in [9.17, 15) is 14.9 Å². The molecule has 2 heterocycles. The molecule has 1 amide bonds. The lowest BCUT2D eigenvalue weighted by Gasteiger charge is -2.44. The number of carbonyl (C=O) groups excluding carboxylic acids is 1. The van der Waals surface area contributed by atoms with Crippen LogP contribution in [0.5, 0.6) is 0 Å². The number of hydrogen-bond donors (Lipinski definition) is 0. The van der Waals surface area contributed by atoms with Crippen LogP contribution in [0.4, 0.5) is 5.69 Å². The second-order valence-electron chi connectivity index (χ2n) is 7.05. The van der Waals surface area contributed by atoms with Crippen molar-refractivity contribution in [1.82, 2.24) is 19.7 Å². The predicted octanol–water partition coefficient (Wildman–Crippen LogP) is 2.97. The van der Waals surface area contributed by atoms with E-state index < -0.39 is 4.92 Å². The van der Waals surface area contributed by atoms with E-state index in [1.807, 2.05) is 4.90 Å². The average molecular weight is 355 g/mol. The SMILES string of the molecule is O=C(c1ccc(-n2cncn2)c([N+](=O)[O-])c1)N1CCC[C@@H]2CCCC[C@@H]21. The normalized spacial score (nSPS) is 22.7. The van der Waals surface area contributed by atoms with Gasteiger partial charge in [0.25, 0.3) is 11.6 Å². The van der Waals surface area contributed by atoms with Crippen molar-refractivity contribution in [2.24, 2.45) is 5.92 Å². The zero-order valence-electron chi connectivity index (χ0n) is 14.5. The molecule has 1 aromatic carbocycles. The maximum Gasteiger partial charge on any atom is 0.295 e. The highest BCUT2D eigenvalue weighted by atomic mass is 16.6. The van der Waals surface area contributed by atoms with Gasteiger partial charge in [-0.3, -0.25) is 14.9 Å². The van der Waals surface area contributed by atoms with E-state index in [2.05, 4.69) is 10.1 Å². The summed E-state index contributed by atoms with van der Waals surface area (Å²) in [6.45, 7) is 0.735. The molecular weight excluding hydrogens is 334 g/mol. The number of piperidine rings is 1. The molecule has 1 aliphatic carbocycles. The number of nitro groups is 1. The molecule has 0 radical (unpaired) electrons. The minimum absolute atomic E-state index is 0.102. The van der Waals surface area contributed by atoms with Gasteiger partial charge in [-0.2, -0.15) is 5.10 Å². The van der Waals surface area contributed by atoms with Gasteiger partial charge in [0.2, 0.25) is 0 Å². The Morgan fingerprint density at radius 3 is 2.77 bits per heavy atom. The van der Waals surface area contributed by atoms with Gasteiger partial charge in [0.1, 0.15) is 18.3 Å². The minimum atomic E-state index is -0.479. The molecule has 4 rings (SSSR count). The quantitative estimate of drug-likeness (QED) is 0.623. The topological polar surface area (TPSA) is 94.2 Å². The fourth-order valence-electron chi connectivity index (χ4n) is 4.37. The van der Waals surface area contributed by atoms with Gasteiger partial charge in [-0.25, -0.2) is 9.67 Å². The molecule has 2 fully saturated rings.